The Morgan fingerprint density at radius 2 is 1.70 bits per heavy atom. The predicted octanol–water partition coefficient (Wildman–Crippen LogP) is 3.23. The van der Waals surface area contributed by atoms with Gasteiger partial charge < -0.3 is 20.7 Å². The Bertz CT molecular complexity index is 1460. The number of rotatable bonds is 13. The van der Waals surface area contributed by atoms with Crippen molar-refractivity contribution in [1.82, 2.24) is 14.9 Å². The SMILES string of the molecule is CCN(CC1=C(c2ccc(Cl)cc2)S(=O)(=O)NC1(C)C)C(=O)[C@@H](COCc1c(F)cccc1F)NC(=O)C(N)(CF)CF. The van der Waals surface area contributed by atoms with E-state index in [0.717, 1.165) is 18.2 Å². The summed E-state index contributed by atoms with van der Waals surface area (Å²) in [6, 6.07) is 7.62. The Hall–Kier alpha value is -3.04. The van der Waals surface area contributed by atoms with Crippen molar-refractivity contribution in [2.75, 3.05) is 33.0 Å². The molecule has 0 saturated heterocycles. The Balaban J connectivity index is 1.97. The van der Waals surface area contributed by atoms with Crippen LogP contribution >= 0.6 is 11.6 Å². The lowest BCUT2D eigenvalue weighted by molar-refractivity contribution is -0.139. The Morgan fingerprint density at radius 3 is 2.23 bits per heavy atom. The van der Waals surface area contributed by atoms with Crippen LogP contribution in [0.25, 0.3) is 4.91 Å². The third-order valence-electron chi connectivity index (χ3n) is 6.96. The number of carbonyl (C=O) groups is 2. The van der Waals surface area contributed by atoms with Gasteiger partial charge in [-0.05, 0) is 56.2 Å². The number of halogens is 5. The third kappa shape index (κ3) is 7.73. The molecule has 1 aliphatic heterocycles. The number of benzene rings is 2. The van der Waals surface area contributed by atoms with E-state index >= 15 is 0 Å². The van der Waals surface area contributed by atoms with Crippen molar-refractivity contribution < 1.29 is 40.3 Å². The van der Waals surface area contributed by atoms with E-state index in [0.29, 0.717) is 16.2 Å². The van der Waals surface area contributed by atoms with Gasteiger partial charge in [0.1, 0.15) is 31.0 Å². The average Bonchev–Trinajstić information content (AvgIpc) is 3.14. The molecule has 1 aliphatic rings. The van der Waals surface area contributed by atoms with Crippen molar-refractivity contribution in [1.29, 1.82) is 0 Å². The van der Waals surface area contributed by atoms with Crippen molar-refractivity contribution in [3.63, 3.8) is 0 Å². The fraction of sp³-hybridized carbons (Fsp3) is 0.429. The molecule has 4 N–H and O–H groups in total. The van der Waals surface area contributed by atoms with Crippen molar-refractivity contribution in [3.05, 3.63) is 75.8 Å². The van der Waals surface area contributed by atoms with E-state index in [9.17, 15) is 35.6 Å². The van der Waals surface area contributed by atoms with Crippen LogP contribution in [0.4, 0.5) is 17.6 Å². The summed E-state index contributed by atoms with van der Waals surface area (Å²) in [6.07, 6.45) is 0. The van der Waals surface area contributed by atoms with Crippen molar-refractivity contribution >= 4 is 38.3 Å². The smallest absolute Gasteiger partial charge is 0.247 e. The fourth-order valence-corrected chi connectivity index (χ4v) is 6.55. The highest BCUT2D eigenvalue weighted by atomic mass is 35.5. The number of ether oxygens (including phenoxy) is 1. The first-order valence-electron chi connectivity index (χ1n) is 13.1. The molecule has 2 amide bonds. The number of nitrogens with two attached hydrogens (primary N) is 1. The van der Waals surface area contributed by atoms with Gasteiger partial charge in [0.15, 0.2) is 5.54 Å². The predicted molar refractivity (Wildman–Crippen MR) is 154 cm³/mol. The first-order chi connectivity index (χ1) is 20.1. The minimum absolute atomic E-state index is 0.000656. The minimum atomic E-state index is -4.02. The number of amides is 2. The summed E-state index contributed by atoms with van der Waals surface area (Å²) in [5, 5.41) is 2.57. The molecule has 0 aromatic heterocycles. The monoisotopic (exact) mass is 648 g/mol. The van der Waals surface area contributed by atoms with E-state index in [4.69, 9.17) is 22.1 Å². The Morgan fingerprint density at radius 1 is 1.12 bits per heavy atom. The Kier molecular flexibility index (Phi) is 11.0. The molecule has 0 unspecified atom stereocenters. The van der Waals surface area contributed by atoms with Crippen LogP contribution in [0.3, 0.4) is 0 Å². The van der Waals surface area contributed by atoms with E-state index in [-0.39, 0.29) is 18.0 Å². The summed E-state index contributed by atoms with van der Waals surface area (Å²) in [7, 11) is -4.02. The van der Waals surface area contributed by atoms with E-state index < -0.39 is 82.7 Å². The van der Waals surface area contributed by atoms with Crippen LogP contribution in [-0.2, 0) is 31.0 Å². The number of hydrogen-bond acceptors (Lipinski definition) is 6. The lowest BCUT2D eigenvalue weighted by atomic mass is 9.92. The highest BCUT2D eigenvalue weighted by Crippen LogP contribution is 2.38. The van der Waals surface area contributed by atoms with E-state index in [1.54, 1.807) is 20.8 Å². The fourth-order valence-electron chi connectivity index (χ4n) is 4.43. The van der Waals surface area contributed by atoms with Gasteiger partial charge in [-0.2, -0.15) is 0 Å². The van der Waals surface area contributed by atoms with Gasteiger partial charge in [-0.1, -0.05) is 29.8 Å². The lowest BCUT2D eigenvalue weighted by Gasteiger charge is -2.32. The maximum absolute atomic E-state index is 14.1. The summed E-state index contributed by atoms with van der Waals surface area (Å²) < 4.78 is 89.5. The second kappa shape index (κ2) is 13.7. The Labute approximate surface area is 252 Å². The molecule has 0 radical (unpaired) electrons. The van der Waals surface area contributed by atoms with E-state index in [1.807, 2.05) is 0 Å². The topological polar surface area (TPSA) is 131 Å². The molecule has 0 aliphatic carbocycles. The molecule has 0 saturated carbocycles. The number of likely N-dealkylation sites (N-methyl/N-ethyl adjacent to an activating group) is 1. The van der Waals surface area contributed by atoms with Gasteiger partial charge in [-0.25, -0.2) is 30.7 Å². The minimum Gasteiger partial charge on any atom is -0.374 e. The molecule has 236 valence electrons. The zero-order valence-corrected chi connectivity index (χ0v) is 25.3. The quantitative estimate of drug-likeness (QED) is 0.286. The van der Waals surface area contributed by atoms with E-state index in [1.165, 1.54) is 29.2 Å². The number of carbonyl (C=O) groups excluding carboxylic acids is 2. The summed E-state index contributed by atoms with van der Waals surface area (Å²) in [6.45, 7) is 0.109. The molecule has 0 bridgehead atoms. The van der Waals surface area contributed by atoms with Gasteiger partial charge in [0, 0.05) is 23.7 Å². The van der Waals surface area contributed by atoms with Gasteiger partial charge in [0.2, 0.25) is 21.8 Å². The zero-order chi connectivity index (χ0) is 32.2. The second-order valence-electron chi connectivity index (χ2n) is 10.6. The standard InChI is InChI=1S/C28H33ClF4N4O5S/c1-4-37(12-20-24(17-8-10-18(29)11-9-17)43(40,41)36-27(20,2)3)25(38)23(35-26(39)28(34,15-30)16-31)14-42-13-19-21(32)6-5-7-22(19)33/h5-11,23,36H,4,12-16,34H2,1-3H3,(H,35,39)/t23-/m1/s1. The summed E-state index contributed by atoms with van der Waals surface area (Å²) >= 11 is 5.98. The molecular weight excluding hydrogens is 616 g/mol. The van der Waals surface area contributed by atoms with Crippen LogP contribution in [0.1, 0.15) is 31.9 Å². The van der Waals surface area contributed by atoms with Gasteiger partial charge in [-0.3, -0.25) is 9.59 Å². The molecule has 0 spiro atoms. The summed E-state index contributed by atoms with van der Waals surface area (Å²) in [5.41, 5.74) is 1.98. The molecule has 2 aromatic rings. The molecular formula is C28H33ClF4N4O5S. The maximum Gasteiger partial charge on any atom is 0.247 e. The van der Waals surface area contributed by atoms with Crippen molar-refractivity contribution in [2.45, 2.75) is 44.5 Å². The number of hydrogen-bond donors (Lipinski definition) is 3. The van der Waals surface area contributed by atoms with Crippen LogP contribution in [-0.4, -0.2) is 75.3 Å². The van der Waals surface area contributed by atoms with Crippen molar-refractivity contribution in [2.24, 2.45) is 5.73 Å². The van der Waals surface area contributed by atoms with Crippen LogP contribution in [0.15, 0.2) is 48.0 Å². The maximum atomic E-state index is 14.1. The van der Waals surface area contributed by atoms with Gasteiger partial charge in [-0.15, -0.1) is 0 Å². The molecule has 43 heavy (non-hydrogen) atoms. The molecule has 2 aromatic carbocycles. The van der Waals surface area contributed by atoms with Gasteiger partial charge >= 0.3 is 0 Å². The number of nitrogens with zero attached hydrogens (tertiary/aromatic N) is 1. The highest BCUT2D eigenvalue weighted by molar-refractivity contribution is 7.99. The molecule has 1 atom stereocenters. The number of nitrogens with one attached hydrogen (secondary N) is 2. The average molecular weight is 649 g/mol. The summed E-state index contributed by atoms with van der Waals surface area (Å²) in [4.78, 5) is 27.6. The first kappa shape index (κ1) is 34.5. The second-order valence-corrected chi connectivity index (χ2v) is 12.6. The first-order valence-corrected chi connectivity index (χ1v) is 15.0. The molecule has 9 nitrogen and oxygen atoms in total. The summed E-state index contributed by atoms with van der Waals surface area (Å²) in [5.74, 6) is -3.97. The molecule has 1 heterocycles. The van der Waals surface area contributed by atoms with Gasteiger partial charge in [0.25, 0.3) is 0 Å². The largest absolute Gasteiger partial charge is 0.374 e. The number of alkyl halides is 2. The molecule has 3 rings (SSSR count). The molecule has 15 heteroatoms. The highest BCUT2D eigenvalue weighted by Gasteiger charge is 2.44. The zero-order valence-electron chi connectivity index (χ0n) is 23.7. The normalized spacial score (nSPS) is 16.7. The van der Waals surface area contributed by atoms with Crippen LogP contribution < -0.4 is 15.8 Å². The van der Waals surface area contributed by atoms with Crippen molar-refractivity contribution in [3.8, 4) is 0 Å². The number of sulfonamides is 1. The lowest BCUT2D eigenvalue weighted by Crippen LogP contribution is -2.62. The third-order valence-corrected chi connectivity index (χ3v) is 9.01. The van der Waals surface area contributed by atoms with Crippen LogP contribution in [0.5, 0.6) is 0 Å². The van der Waals surface area contributed by atoms with Gasteiger partial charge in [0.05, 0.1) is 23.7 Å². The molecule has 0 fully saturated rings. The van der Waals surface area contributed by atoms with E-state index in [2.05, 4.69) is 10.0 Å². The van der Waals surface area contributed by atoms with Crippen LogP contribution in [0.2, 0.25) is 5.02 Å². The van der Waals surface area contributed by atoms with Crippen LogP contribution in [0, 0.1) is 11.6 Å².